The van der Waals surface area contributed by atoms with E-state index in [1.165, 1.54) is 0 Å². The van der Waals surface area contributed by atoms with Crippen molar-refractivity contribution in [3.05, 3.63) is 144 Å². The molecule has 0 bridgehead atoms. The van der Waals surface area contributed by atoms with Crippen LogP contribution in [0.1, 0.15) is 34.1 Å². The molecule has 1 atom stereocenters. The summed E-state index contributed by atoms with van der Waals surface area (Å²) in [6, 6.07) is 41.0. The highest BCUT2D eigenvalue weighted by atomic mass is 16.1. The molecular weight excluding hydrogens is 352 g/mol. The molecule has 0 aliphatic rings. The van der Waals surface area contributed by atoms with Gasteiger partial charge in [-0.15, -0.1) is 0 Å². The van der Waals surface area contributed by atoms with Crippen LogP contribution in [0.5, 0.6) is 0 Å². The van der Waals surface area contributed by atoms with E-state index < -0.39 is 0 Å². The summed E-state index contributed by atoms with van der Waals surface area (Å²) >= 11 is 0. The van der Waals surface area contributed by atoms with Gasteiger partial charge in [-0.25, -0.2) is 0 Å². The second-order valence-corrected chi connectivity index (χ2v) is 7.32. The van der Waals surface area contributed by atoms with E-state index in [4.69, 9.17) is 0 Å². The van der Waals surface area contributed by atoms with Gasteiger partial charge >= 0.3 is 0 Å². The van der Waals surface area contributed by atoms with Crippen molar-refractivity contribution in [2.75, 3.05) is 0 Å². The van der Waals surface area contributed by atoms with Gasteiger partial charge in [-0.3, -0.25) is 4.79 Å². The van der Waals surface area contributed by atoms with Crippen molar-refractivity contribution in [2.45, 2.75) is 18.3 Å². The molecule has 0 N–H and O–H groups in total. The van der Waals surface area contributed by atoms with Crippen LogP contribution in [-0.2, 0) is 11.2 Å². The number of hydrogen-bond acceptors (Lipinski definition) is 1. The summed E-state index contributed by atoms with van der Waals surface area (Å²) in [4.78, 5) is 13.7. The third kappa shape index (κ3) is 4.52. The van der Waals surface area contributed by atoms with E-state index in [0.717, 1.165) is 22.3 Å². The molecule has 0 radical (unpaired) electrons. The number of ketones is 1. The highest BCUT2D eigenvalue weighted by Crippen LogP contribution is 2.39. The van der Waals surface area contributed by atoms with E-state index in [1.807, 2.05) is 60.7 Å². The molecule has 0 aliphatic carbocycles. The maximum absolute atomic E-state index is 13.7. The van der Waals surface area contributed by atoms with Crippen molar-refractivity contribution in [1.29, 1.82) is 0 Å². The highest BCUT2D eigenvalue weighted by Gasteiger charge is 2.32. The Morgan fingerprint density at radius 2 is 0.897 bits per heavy atom. The maximum atomic E-state index is 13.7. The Labute approximate surface area is 172 Å². The number of benzene rings is 4. The van der Waals surface area contributed by atoms with Crippen LogP contribution < -0.4 is 0 Å². The summed E-state index contributed by atoms with van der Waals surface area (Å²) in [5.41, 5.74) is 4.44. The van der Waals surface area contributed by atoms with E-state index in [1.54, 1.807) is 0 Å². The predicted octanol–water partition coefficient (Wildman–Crippen LogP) is 6.41. The lowest BCUT2D eigenvalue weighted by atomic mass is 9.74. The summed E-state index contributed by atoms with van der Waals surface area (Å²) in [6.45, 7) is 0. The molecule has 142 valence electrons. The predicted molar refractivity (Wildman–Crippen MR) is 119 cm³/mol. The van der Waals surface area contributed by atoms with Gasteiger partial charge in [0.2, 0.25) is 0 Å². The average molecular weight is 376 g/mol. The Balaban J connectivity index is 1.82. The summed E-state index contributed by atoms with van der Waals surface area (Å²) in [5.74, 6) is -0.0441. The van der Waals surface area contributed by atoms with E-state index in [0.29, 0.717) is 6.42 Å². The van der Waals surface area contributed by atoms with Crippen molar-refractivity contribution in [3.8, 4) is 0 Å². The van der Waals surface area contributed by atoms with Crippen LogP contribution in [0.25, 0.3) is 0 Å². The minimum absolute atomic E-state index is 0.0315. The first kappa shape index (κ1) is 18.9. The number of hydrogen-bond donors (Lipinski definition) is 0. The van der Waals surface area contributed by atoms with Crippen LogP contribution in [0.15, 0.2) is 121 Å². The molecule has 4 aromatic rings. The van der Waals surface area contributed by atoms with Crippen LogP contribution in [0, 0.1) is 0 Å². The lowest BCUT2D eigenvalue weighted by Crippen LogP contribution is -2.23. The molecule has 4 aromatic carbocycles. The van der Waals surface area contributed by atoms with Crippen molar-refractivity contribution in [2.24, 2.45) is 0 Å². The molecule has 1 heteroatoms. The monoisotopic (exact) mass is 376 g/mol. The lowest BCUT2D eigenvalue weighted by molar-refractivity contribution is -0.120. The largest absolute Gasteiger partial charge is 0.299 e. The first-order valence-electron chi connectivity index (χ1n) is 10.0. The zero-order chi connectivity index (χ0) is 19.9. The second-order valence-electron chi connectivity index (χ2n) is 7.32. The van der Waals surface area contributed by atoms with Crippen molar-refractivity contribution in [1.82, 2.24) is 0 Å². The molecule has 0 fully saturated rings. The SMILES string of the molecule is O=C(Cc1ccccc1)C(c1ccccc1)C(c1ccccc1)c1ccccc1. The first-order chi connectivity index (χ1) is 14.3. The number of Topliss-reactive ketones (excluding diaryl/α,β-unsaturated/α-hetero) is 1. The Hall–Kier alpha value is -3.45. The normalized spacial score (nSPS) is 11.9. The van der Waals surface area contributed by atoms with Gasteiger partial charge in [0.05, 0.1) is 5.92 Å². The summed E-state index contributed by atoms with van der Waals surface area (Å²) < 4.78 is 0. The van der Waals surface area contributed by atoms with E-state index >= 15 is 0 Å². The number of rotatable bonds is 7. The molecule has 0 spiro atoms. The third-order valence-corrected chi connectivity index (χ3v) is 5.38. The van der Waals surface area contributed by atoms with Gasteiger partial charge in [0, 0.05) is 12.3 Å². The van der Waals surface area contributed by atoms with Gasteiger partial charge in [0.1, 0.15) is 5.78 Å². The third-order valence-electron chi connectivity index (χ3n) is 5.38. The average Bonchev–Trinajstić information content (AvgIpc) is 2.79. The van der Waals surface area contributed by atoms with Crippen LogP contribution in [-0.4, -0.2) is 5.78 Å². The molecule has 0 aliphatic heterocycles. The van der Waals surface area contributed by atoms with Crippen LogP contribution in [0.4, 0.5) is 0 Å². The quantitative estimate of drug-likeness (QED) is 0.364. The lowest BCUT2D eigenvalue weighted by Gasteiger charge is -2.28. The Kier molecular flexibility index (Phi) is 5.97. The topological polar surface area (TPSA) is 17.1 Å². The first-order valence-corrected chi connectivity index (χ1v) is 10.0. The Morgan fingerprint density at radius 1 is 0.517 bits per heavy atom. The minimum atomic E-state index is -0.249. The van der Waals surface area contributed by atoms with Gasteiger partial charge in [0.25, 0.3) is 0 Å². The summed E-state index contributed by atoms with van der Waals surface area (Å²) in [7, 11) is 0. The maximum Gasteiger partial charge on any atom is 0.145 e. The van der Waals surface area contributed by atoms with Crippen molar-refractivity contribution < 1.29 is 4.79 Å². The second kappa shape index (κ2) is 9.16. The van der Waals surface area contributed by atoms with Crippen molar-refractivity contribution >= 4 is 5.78 Å². The van der Waals surface area contributed by atoms with Gasteiger partial charge in [-0.2, -0.15) is 0 Å². The van der Waals surface area contributed by atoms with Crippen LogP contribution >= 0.6 is 0 Å². The number of carbonyl (C=O) groups is 1. The van der Waals surface area contributed by atoms with E-state index in [2.05, 4.69) is 60.7 Å². The van der Waals surface area contributed by atoms with Gasteiger partial charge < -0.3 is 0 Å². The van der Waals surface area contributed by atoms with Gasteiger partial charge in [-0.05, 0) is 22.3 Å². The molecule has 0 heterocycles. The Bertz CT molecular complexity index is 985. The smallest absolute Gasteiger partial charge is 0.145 e. The van der Waals surface area contributed by atoms with E-state index in [9.17, 15) is 4.79 Å². The fourth-order valence-electron chi connectivity index (χ4n) is 4.03. The zero-order valence-corrected chi connectivity index (χ0v) is 16.3. The van der Waals surface area contributed by atoms with E-state index in [-0.39, 0.29) is 17.6 Å². The molecule has 0 saturated heterocycles. The molecule has 0 amide bonds. The van der Waals surface area contributed by atoms with Crippen molar-refractivity contribution in [3.63, 3.8) is 0 Å². The molecule has 0 aromatic heterocycles. The van der Waals surface area contributed by atoms with Gasteiger partial charge in [-0.1, -0.05) is 121 Å². The fourth-order valence-corrected chi connectivity index (χ4v) is 4.03. The zero-order valence-electron chi connectivity index (χ0n) is 16.3. The summed E-state index contributed by atoms with van der Waals surface area (Å²) in [6.07, 6.45) is 0.427. The molecule has 1 nitrogen and oxygen atoms in total. The Morgan fingerprint density at radius 3 is 1.34 bits per heavy atom. The summed E-state index contributed by atoms with van der Waals surface area (Å²) in [5, 5.41) is 0. The fraction of sp³-hybridized carbons (Fsp3) is 0.107. The molecular formula is C28H24O. The number of carbonyl (C=O) groups excluding carboxylic acids is 1. The molecule has 29 heavy (non-hydrogen) atoms. The minimum Gasteiger partial charge on any atom is -0.299 e. The van der Waals surface area contributed by atoms with Crippen LogP contribution in [0.3, 0.4) is 0 Å². The van der Waals surface area contributed by atoms with Gasteiger partial charge in [0.15, 0.2) is 0 Å². The molecule has 1 unspecified atom stereocenters. The van der Waals surface area contributed by atoms with Crippen LogP contribution in [0.2, 0.25) is 0 Å². The highest BCUT2D eigenvalue weighted by molar-refractivity contribution is 5.89. The standard InChI is InChI=1S/C28H24O/c29-26(21-22-13-5-1-6-14-22)28(25-19-11-4-12-20-25)27(23-15-7-2-8-16-23)24-17-9-3-10-18-24/h1-20,27-28H,21H2. The molecule has 0 saturated carbocycles. The molecule has 4 rings (SSSR count).